The van der Waals surface area contributed by atoms with Crippen LogP contribution in [-0.2, 0) is 0 Å². The number of hydrogen-bond acceptors (Lipinski definition) is 3. The molecule has 5 heteroatoms. The van der Waals surface area contributed by atoms with Crippen molar-refractivity contribution in [1.82, 2.24) is 4.57 Å². The minimum Gasteiger partial charge on any atom is -0.489 e. The minimum absolute atomic E-state index is 0.131. The molecule has 20 heavy (non-hydrogen) atoms. The number of hydrogen-bond donors (Lipinski definition) is 1. The molecule has 4 rings (SSSR count). The van der Waals surface area contributed by atoms with E-state index in [1.807, 2.05) is 10.6 Å². The fraction of sp³-hybridized carbons (Fsp3) is 0.333. The van der Waals surface area contributed by atoms with Crippen molar-refractivity contribution in [2.75, 3.05) is 6.61 Å². The smallest absolute Gasteiger partial charge is 0.341 e. The SMILES string of the molecule is O=C(O)c1cn2c3c(cccc3c1=O)OCC2C1CC1. The van der Waals surface area contributed by atoms with Gasteiger partial charge in [-0.05, 0) is 30.9 Å². The van der Waals surface area contributed by atoms with E-state index >= 15 is 0 Å². The Balaban J connectivity index is 2.10. The predicted octanol–water partition coefficient (Wildman–Crippen LogP) is 2.04. The number of aromatic carboxylic acids is 1. The number of aromatic nitrogens is 1. The highest BCUT2D eigenvalue weighted by atomic mass is 16.5. The van der Waals surface area contributed by atoms with E-state index in [1.54, 1.807) is 12.1 Å². The number of carboxylic acids is 1. The monoisotopic (exact) mass is 271 g/mol. The lowest BCUT2D eigenvalue weighted by atomic mass is 10.1. The van der Waals surface area contributed by atoms with Crippen LogP contribution in [0.3, 0.4) is 0 Å². The molecular weight excluding hydrogens is 258 g/mol. The van der Waals surface area contributed by atoms with Crippen LogP contribution in [0.15, 0.2) is 29.2 Å². The molecule has 0 radical (unpaired) electrons. The van der Waals surface area contributed by atoms with Crippen molar-refractivity contribution in [1.29, 1.82) is 0 Å². The van der Waals surface area contributed by atoms with Gasteiger partial charge in [0.1, 0.15) is 17.9 Å². The van der Waals surface area contributed by atoms with E-state index in [1.165, 1.54) is 6.20 Å². The molecule has 2 heterocycles. The fourth-order valence-electron chi connectivity index (χ4n) is 3.01. The van der Waals surface area contributed by atoms with Crippen LogP contribution < -0.4 is 10.2 Å². The fourth-order valence-corrected chi connectivity index (χ4v) is 3.01. The lowest BCUT2D eigenvalue weighted by molar-refractivity contribution is 0.0694. The van der Waals surface area contributed by atoms with Crippen molar-refractivity contribution in [2.24, 2.45) is 5.92 Å². The lowest BCUT2D eigenvalue weighted by Gasteiger charge is -2.29. The summed E-state index contributed by atoms with van der Waals surface area (Å²) in [5, 5.41) is 9.65. The highest BCUT2D eigenvalue weighted by molar-refractivity contribution is 5.94. The number of carbonyl (C=O) groups is 1. The van der Waals surface area contributed by atoms with E-state index in [2.05, 4.69) is 0 Å². The Morgan fingerprint density at radius 1 is 1.35 bits per heavy atom. The molecule has 1 aromatic carbocycles. The lowest BCUT2D eigenvalue weighted by Crippen LogP contribution is -2.28. The molecule has 102 valence electrons. The third-order valence-electron chi connectivity index (χ3n) is 4.18. The van der Waals surface area contributed by atoms with E-state index in [0.717, 1.165) is 18.4 Å². The number of nitrogens with zero attached hydrogens (tertiary/aromatic N) is 1. The highest BCUT2D eigenvalue weighted by Crippen LogP contribution is 2.44. The van der Waals surface area contributed by atoms with Crippen molar-refractivity contribution < 1.29 is 14.6 Å². The van der Waals surface area contributed by atoms with Gasteiger partial charge in [0.15, 0.2) is 0 Å². The first-order valence-corrected chi connectivity index (χ1v) is 6.71. The first-order valence-electron chi connectivity index (χ1n) is 6.71. The third kappa shape index (κ3) is 1.49. The summed E-state index contributed by atoms with van der Waals surface area (Å²) in [5.74, 6) is 0.0104. The molecule has 0 spiro atoms. The summed E-state index contributed by atoms with van der Waals surface area (Å²) in [6.45, 7) is 0.540. The Hall–Kier alpha value is -2.30. The molecule has 1 atom stereocenters. The molecule has 1 aromatic heterocycles. The van der Waals surface area contributed by atoms with Crippen LogP contribution in [0.5, 0.6) is 5.75 Å². The maximum absolute atomic E-state index is 12.3. The van der Waals surface area contributed by atoms with Crippen LogP contribution >= 0.6 is 0 Å². The predicted molar refractivity (Wildman–Crippen MR) is 72.4 cm³/mol. The molecular formula is C15H13NO4. The number of ether oxygens (including phenoxy) is 1. The normalized spacial score (nSPS) is 20.7. The van der Waals surface area contributed by atoms with Crippen molar-refractivity contribution >= 4 is 16.9 Å². The second kappa shape index (κ2) is 3.85. The summed E-state index contributed by atoms with van der Waals surface area (Å²) >= 11 is 0. The first kappa shape index (κ1) is 11.5. The van der Waals surface area contributed by atoms with Gasteiger partial charge in [-0.2, -0.15) is 0 Å². The van der Waals surface area contributed by atoms with E-state index in [0.29, 0.717) is 23.7 Å². The molecule has 0 amide bonds. The topological polar surface area (TPSA) is 68.5 Å². The quantitative estimate of drug-likeness (QED) is 0.907. The molecule has 1 N–H and O–H groups in total. The number of carboxylic acid groups (broad SMARTS) is 1. The minimum atomic E-state index is -1.17. The maximum atomic E-state index is 12.3. The van der Waals surface area contributed by atoms with Gasteiger partial charge in [0, 0.05) is 6.20 Å². The average molecular weight is 271 g/mol. The number of rotatable bonds is 2. The van der Waals surface area contributed by atoms with E-state index in [4.69, 9.17) is 4.74 Å². The Morgan fingerprint density at radius 3 is 2.85 bits per heavy atom. The molecule has 1 saturated carbocycles. The van der Waals surface area contributed by atoms with Crippen LogP contribution in [0.4, 0.5) is 0 Å². The summed E-state index contributed by atoms with van der Waals surface area (Å²) in [7, 11) is 0. The zero-order valence-electron chi connectivity index (χ0n) is 10.7. The number of pyridine rings is 1. The number of para-hydroxylation sites is 1. The summed E-state index contributed by atoms with van der Waals surface area (Å²) in [4.78, 5) is 23.5. The molecule has 1 aliphatic carbocycles. The molecule has 2 aromatic rings. The zero-order valence-corrected chi connectivity index (χ0v) is 10.7. The maximum Gasteiger partial charge on any atom is 0.341 e. The second-order valence-corrected chi connectivity index (χ2v) is 5.45. The largest absolute Gasteiger partial charge is 0.489 e. The number of benzene rings is 1. The average Bonchev–Trinajstić information content (AvgIpc) is 3.26. The molecule has 5 nitrogen and oxygen atoms in total. The van der Waals surface area contributed by atoms with Gasteiger partial charge in [-0.1, -0.05) is 6.07 Å². The van der Waals surface area contributed by atoms with E-state index < -0.39 is 11.4 Å². The standard InChI is InChI=1S/C15H13NO4/c17-14-9-2-1-3-12-13(9)16(6-10(14)15(18)19)11(7-20-12)8-4-5-8/h1-3,6,8,11H,4-5,7H2,(H,18,19). The molecule has 0 bridgehead atoms. The van der Waals surface area contributed by atoms with E-state index in [9.17, 15) is 14.7 Å². The second-order valence-electron chi connectivity index (χ2n) is 5.45. The molecule has 1 aliphatic heterocycles. The van der Waals surface area contributed by atoms with Gasteiger partial charge in [0.25, 0.3) is 0 Å². The van der Waals surface area contributed by atoms with Gasteiger partial charge in [-0.3, -0.25) is 4.79 Å². The third-order valence-corrected chi connectivity index (χ3v) is 4.18. The molecule has 1 fully saturated rings. The Bertz CT molecular complexity index is 788. The van der Waals surface area contributed by atoms with Gasteiger partial charge in [-0.25, -0.2) is 4.79 Å². The van der Waals surface area contributed by atoms with Crippen molar-refractivity contribution in [3.63, 3.8) is 0 Å². The molecule has 1 unspecified atom stereocenters. The molecule has 2 aliphatic rings. The zero-order chi connectivity index (χ0) is 13.9. The Labute approximate surface area is 114 Å². The van der Waals surface area contributed by atoms with Crippen LogP contribution in [0, 0.1) is 5.92 Å². The van der Waals surface area contributed by atoms with Gasteiger partial charge in [0.2, 0.25) is 5.43 Å². The summed E-state index contributed by atoms with van der Waals surface area (Å²) in [5.41, 5.74) is 0.124. The van der Waals surface area contributed by atoms with Crippen LogP contribution in [0.2, 0.25) is 0 Å². The Kier molecular flexibility index (Phi) is 2.22. The van der Waals surface area contributed by atoms with E-state index in [-0.39, 0.29) is 11.6 Å². The Morgan fingerprint density at radius 2 is 2.15 bits per heavy atom. The van der Waals surface area contributed by atoms with Crippen molar-refractivity contribution in [3.8, 4) is 5.75 Å². The highest BCUT2D eigenvalue weighted by Gasteiger charge is 2.36. The van der Waals surface area contributed by atoms with Crippen molar-refractivity contribution in [2.45, 2.75) is 18.9 Å². The van der Waals surface area contributed by atoms with Crippen molar-refractivity contribution in [3.05, 3.63) is 40.2 Å². The van der Waals surface area contributed by atoms with Crippen LogP contribution in [0.25, 0.3) is 10.9 Å². The van der Waals surface area contributed by atoms with Gasteiger partial charge in [0.05, 0.1) is 16.9 Å². The first-order chi connectivity index (χ1) is 9.66. The molecule has 0 saturated heterocycles. The summed E-state index contributed by atoms with van der Waals surface area (Å²) in [6, 6.07) is 5.35. The summed E-state index contributed by atoms with van der Waals surface area (Å²) < 4.78 is 7.70. The summed E-state index contributed by atoms with van der Waals surface area (Å²) in [6.07, 6.45) is 3.75. The van der Waals surface area contributed by atoms with Gasteiger partial charge < -0.3 is 14.4 Å². The van der Waals surface area contributed by atoms with Gasteiger partial charge in [-0.15, -0.1) is 0 Å². The van der Waals surface area contributed by atoms with Crippen LogP contribution in [-0.4, -0.2) is 22.2 Å². The van der Waals surface area contributed by atoms with Gasteiger partial charge >= 0.3 is 5.97 Å². The van der Waals surface area contributed by atoms with Crippen LogP contribution in [0.1, 0.15) is 29.2 Å².